The second-order valence-electron chi connectivity index (χ2n) is 6.96. The number of halogens is 1. The molecule has 2 aliphatic rings. The zero-order valence-corrected chi connectivity index (χ0v) is 14.3. The van der Waals surface area contributed by atoms with Crippen LogP contribution in [0.5, 0.6) is 0 Å². The molecule has 0 saturated carbocycles. The van der Waals surface area contributed by atoms with Gasteiger partial charge in [-0.2, -0.15) is 5.10 Å². The van der Waals surface area contributed by atoms with Crippen LogP contribution in [-0.2, 0) is 6.42 Å². The lowest BCUT2D eigenvalue weighted by atomic mass is 9.77. The highest BCUT2D eigenvalue weighted by Gasteiger charge is 2.41. The number of hydrazone groups is 1. The van der Waals surface area contributed by atoms with Crippen LogP contribution in [0.2, 0.25) is 0 Å². The molecule has 128 valence electrons. The molecule has 0 amide bonds. The molecule has 0 radical (unpaired) electrons. The topological polar surface area (TPSA) is 15.6 Å². The number of hydrogen-bond donors (Lipinski definition) is 0. The number of anilines is 1. The van der Waals surface area contributed by atoms with E-state index in [1.165, 1.54) is 11.1 Å². The van der Waals surface area contributed by atoms with Crippen LogP contribution in [0.25, 0.3) is 0 Å². The fourth-order valence-corrected chi connectivity index (χ4v) is 4.25. The van der Waals surface area contributed by atoms with Crippen molar-refractivity contribution >= 4 is 11.4 Å². The fourth-order valence-electron chi connectivity index (χ4n) is 4.25. The number of aryl methyl sites for hydroxylation is 1. The Morgan fingerprint density at radius 1 is 0.846 bits per heavy atom. The van der Waals surface area contributed by atoms with Crippen LogP contribution in [0.15, 0.2) is 84.0 Å². The van der Waals surface area contributed by atoms with Gasteiger partial charge in [-0.3, -0.25) is 5.01 Å². The van der Waals surface area contributed by atoms with Crippen molar-refractivity contribution in [1.29, 1.82) is 0 Å². The van der Waals surface area contributed by atoms with Gasteiger partial charge in [0, 0.05) is 11.5 Å². The number of hydrogen-bond acceptors (Lipinski definition) is 2. The number of benzene rings is 3. The summed E-state index contributed by atoms with van der Waals surface area (Å²) >= 11 is 0. The quantitative estimate of drug-likeness (QED) is 0.613. The van der Waals surface area contributed by atoms with Crippen LogP contribution in [0.3, 0.4) is 0 Å². The van der Waals surface area contributed by atoms with Crippen LogP contribution >= 0.6 is 0 Å². The van der Waals surface area contributed by atoms with Crippen molar-refractivity contribution in [2.45, 2.75) is 18.9 Å². The van der Waals surface area contributed by atoms with Crippen LogP contribution in [0.1, 0.15) is 29.2 Å². The number of para-hydroxylation sites is 1. The molecule has 0 N–H and O–H groups in total. The van der Waals surface area contributed by atoms with E-state index in [0.29, 0.717) is 5.92 Å². The lowest BCUT2D eigenvalue weighted by Crippen LogP contribution is -2.28. The minimum absolute atomic E-state index is 0.0985. The molecule has 2 atom stereocenters. The average Bonchev–Trinajstić information content (AvgIpc) is 3.09. The highest BCUT2D eigenvalue weighted by molar-refractivity contribution is 6.07. The molecule has 1 aliphatic carbocycles. The Hall–Kier alpha value is -2.94. The smallest absolute Gasteiger partial charge is 0.123 e. The Bertz CT molecular complexity index is 963. The Morgan fingerprint density at radius 2 is 1.58 bits per heavy atom. The third-order valence-electron chi connectivity index (χ3n) is 5.46. The average molecular weight is 342 g/mol. The van der Waals surface area contributed by atoms with E-state index in [-0.39, 0.29) is 11.9 Å². The summed E-state index contributed by atoms with van der Waals surface area (Å²) in [5.41, 5.74) is 5.97. The summed E-state index contributed by atoms with van der Waals surface area (Å²) in [5, 5.41) is 7.18. The zero-order chi connectivity index (χ0) is 17.5. The van der Waals surface area contributed by atoms with E-state index >= 15 is 0 Å². The second kappa shape index (κ2) is 6.10. The predicted octanol–water partition coefficient (Wildman–Crippen LogP) is 5.35. The van der Waals surface area contributed by atoms with E-state index in [1.54, 1.807) is 12.1 Å². The molecule has 26 heavy (non-hydrogen) atoms. The van der Waals surface area contributed by atoms with Crippen LogP contribution < -0.4 is 5.01 Å². The summed E-state index contributed by atoms with van der Waals surface area (Å²) in [5.74, 6) is 0.115. The van der Waals surface area contributed by atoms with Gasteiger partial charge >= 0.3 is 0 Å². The van der Waals surface area contributed by atoms with Crippen molar-refractivity contribution in [3.8, 4) is 0 Å². The lowest BCUT2D eigenvalue weighted by Gasteiger charge is -2.30. The highest BCUT2D eigenvalue weighted by Crippen LogP contribution is 2.45. The van der Waals surface area contributed by atoms with Gasteiger partial charge in [0.05, 0.1) is 17.4 Å². The first kappa shape index (κ1) is 15.3. The van der Waals surface area contributed by atoms with E-state index < -0.39 is 0 Å². The van der Waals surface area contributed by atoms with Gasteiger partial charge in [0.1, 0.15) is 5.82 Å². The van der Waals surface area contributed by atoms with Gasteiger partial charge in [-0.15, -0.1) is 0 Å². The van der Waals surface area contributed by atoms with E-state index in [0.717, 1.165) is 29.8 Å². The first-order valence-electron chi connectivity index (χ1n) is 9.08. The Morgan fingerprint density at radius 3 is 2.38 bits per heavy atom. The van der Waals surface area contributed by atoms with E-state index in [4.69, 9.17) is 5.10 Å². The normalized spacial score (nSPS) is 21.1. The van der Waals surface area contributed by atoms with Gasteiger partial charge in [-0.25, -0.2) is 4.39 Å². The lowest BCUT2D eigenvalue weighted by molar-refractivity contribution is 0.509. The Labute approximate surface area is 152 Å². The molecule has 0 aromatic heterocycles. The van der Waals surface area contributed by atoms with Crippen molar-refractivity contribution in [1.82, 2.24) is 0 Å². The van der Waals surface area contributed by atoms with Crippen molar-refractivity contribution in [3.05, 3.63) is 101 Å². The first-order valence-corrected chi connectivity index (χ1v) is 9.08. The monoisotopic (exact) mass is 342 g/mol. The molecule has 3 aromatic rings. The zero-order valence-electron chi connectivity index (χ0n) is 14.3. The van der Waals surface area contributed by atoms with Crippen molar-refractivity contribution in [2.24, 2.45) is 11.0 Å². The minimum atomic E-state index is -0.201. The van der Waals surface area contributed by atoms with Crippen LogP contribution in [0.4, 0.5) is 10.1 Å². The maximum atomic E-state index is 13.5. The molecule has 1 heterocycles. The van der Waals surface area contributed by atoms with Crippen molar-refractivity contribution < 1.29 is 4.39 Å². The van der Waals surface area contributed by atoms with E-state index in [1.807, 2.05) is 30.3 Å². The summed E-state index contributed by atoms with van der Waals surface area (Å²) in [6, 6.07) is 25.8. The van der Waals surface area contributed by atoms with Gasteiger partial charge < -0.3 is 0 Å². The van der Waals surface area contributed by atoms with Crippen molar-refractivity contribution in [3.63, 3.8) is 0 Å². The Balaban J connectivity index is 1.65. The summed E-state index contributed by atoms with van der Waals surface area (Å²) < 4.78 is 13.5. The molecule has 0 saturated heterocycles. The third kappa shape index (κ3) is 2.43. The molecule has 0 bridgehead atoms. The van der Waals surface area contributed by atoms with E-state index in [2.05, 4.69) is 41.4 Å². The third-order valence-corrected chi connectivity index (χ3v) is 5.46. The molecule has 3 heteroatoms. The van der Waals surface area contributed by atoms with Crippen LogP contribution in [0, 0.1) is 11.7 Å². The number of fused-ring (bicyclic) bond motifs is 3. The maximum absolute atomic E-state index is 13.5. The van der Waals surface area contributed by atoms with Gasteiger partial charge in [0.15, 0.2) is 0 Å². The highest BCUT2D eigenvalue weighted by atomic mass is 19.1. The molecule has 0 spiro atoms. The molecule has 5 rings (SSSR count). The van der Waals surface area contributed by atoms with Gasteiger partial charge in [-0.05, 0) is 48.2 Å². The second-order valence-corrected chi connectivity index (χ2v) is 6.96. The standard InChI is InChI=1S/C23H19FN2/c24-18-13-10-17(11-14-18)23-21-15-12-16-6-4-5-9-20(16)22(21)25-26(23)19-7-2-1-3-8-19/h1-11,13-14,21,23H,12,15H2/t21-,23+/m0/s1. The molecule has 0 fully saturated rings. The summed E-state index contributed by atoms with van der Waals surface area (Å²) in [4.78, 5) is 0. The molecular weight excluding hydrogens is 323 g/mol. The largest absolute Gasteiger partial charge is 0.257 e. The van der Waals surface area contributed by atoms with Gasteiger partial charge in [0.2, 0.25) is 0 Å². The van der Waals surface area contributed by atoms with E-state index in [9.17, 15) is 4.39 Å². The fraction of sp³-hybridized carbons (Fsp3) is 0.174. The van der Waals surface area contributed by atoms with Crippen LogP contribution in [-0.4, -0.2) is 5.71 Å². The first-order chi connectivity index (χ1) is 12.8. The molecule has 2 nitrogen and oxygen atoms in total. The van der Waals surface area contributed by atoms with Crippen molar-refractivity contribution in [2.75, 3.05) is 5.01 Å². The molecule has 3 aromatic carbocycles. The predicted molar refractivity (Wildman–Crippen MR) is 103 cm³/mol. The maximum Gasteiger partial charge on any atom is 0.123 e. The van der Waals surface area contributed by atoms with Gasteiger partial charge in [-0.1, -0.05) is 54.6 Å². The number of rotatable bonds is 2. The summed E-state index contributed by atoms with van der Waals surface area (Å²) in [6.45, 7) is 0. The summed E-state index contributed by atoms with van der Waals surface area (Å²) in [6.07, 6.45) is 2.11. The summed E-state index contributed by atoms with van der Waals surface area (Å²) in [7, 11) is 0. The SMILES string of the molecule is Fc1ccc([C@@H]2[C@H]3CCc4ccccc4C3=NN2c2ccccc2)cc1. The minimum Gasteiger partial charge on any atom is -0.257 e. The molecule has 1 aliphatic heterocycles. The molecular formula is C23H19FN2. The van der Waals surface area contributed by atoms with Gasteiger partial charge in [0.25, 0.3) is 0 Å². The number of nitrogens with zero attached hydrogens (tertiary/aromatic N) is 2. The molecule has 0 unspecified atom stereocenters. The Kier molecular flexibility index (Phi) is 3.59.